The lowest BCUT2D eigenvalue weighted by Crippen LogP contribution is -2.38. The van der Waals surface area contributed by atoms with Crippen LogP contribution in [0.1, 0.15) is 29.9 Å². The second-order valence-corrected chi connectivity index (χ2v) is 7.59. The Balaban J connectivity index is 1.42. The van der Waals surface area contributed by atoms with E-state index in [4.69, 9.17) is 0 Å². The van der Waals surface area contributed by atoms with Crippen LogP contribution < -0.4 is 5.32 Å². The number of hydrogen-bond donors (Lipinski definition) is 2. The molecule has 2 heterocycles. The molecule has 0 atom stereocenters. The van der Waals surface area contributed by atoms with Crippen LogP contribution in [0.5, 0.6) is 0 Å². The highest BCUT2D eigenvalue weighted by Gasteiger charge is 2.14. The van der Waals surface area contributed by atoms with Crippen LogP contribution in [0.2, 0.25) is 0 Å². The summed E-state index contributed by atoms with van der Waals surface area (Å²) in [5.74, 6) is -0.0892. The molecule has 0 saturated heterocycles. The molecular formula is C24H26N4O. The minimum absolute atomic E-state index is 0.0892. The molecule has 2 aromatic carbocycles. The van der Waals surface area contributed by atoms with Gasteiger partial charge in [0.2, 0.25) is 0 Å². The fourth-order valence-electron chi connectivity index (χ4n) is 3.61. The number of fused-ring (bicyclic) bond motifs is 3. The van der Waals surface area contributed by atoms with Gasteiger partial charge in [-0.15, -0.1) is 0 Å². The average molecular weight is 386 g/mol. The van der Waals surface area contributed by atoms with E-state index in [9.17, 15) is 4.79 Å². The Morgan fingerprint density at radius 1 is 1.07 bits per heavy atom. The van der Waals surface area contributed by atoms with Gasteiger partial charge in [0.25, 0.3) is 5.91 Å². The molecule has 148 valence electrons. The van der Waals surface area contributed by atoms with Crippen molar-refractivity contribution in [3.63, 3.8) is 0 Å². The first kappa shape index (κ1) is 19.2. The predicted molar refractivity (Wildman–Crippen MR) is 118 cm³/mol. The van der Waals surface area contributed by atoms with Crippen molar-refractivity contribution in [1.29, 1.82) is 0 Å². The van der Waals surface area contributed by atoms with Gasteiger partial charge in [0, 0.05) is 42.6 Å². The fourth-order valence-corrected chi connectivity index (χ4v) is 3.61. The number of benzene rings is 2. The van der Waals surface area contributed by atoms with Gasteiger partial charge in [0.15, 0.2) is 0 Å². The third-order valence-corrected chi connectivity index (χ3v) is 5.25. The summed E-state index contributed by atoms with van der Waals surface area (Å²) >= 11 is 0. The van der Waals surface area contributed by atoms with Gasteiger partial charge in [-0.1, -0.05) is 48.5 Å². The van der Waals surface area contributed by atoms with Crippen LogP contribution in [0.4, 0.5) is 0 Å². The third-order valence-electron chi connectivity index (χ3n) is 5.25. The van der Waals surface area contributed by atoms with Gasteiger partial charge >= 0.3 is 0 Å². The lowest BCUT2D eigenvalue weighted by molar-refractivity contribution is 0.0940. The van der Waals surface area contributed by atoms with Crippen molar-refractivity contribution < 1.29 is 4.79 Å². The van der Waals surface area contributed by atoms with E-state index in [1.54, 1.807) is 6.20 Å². The molecule has 0 unspecified atom stereocenters. The average Bonchev–Trinajstić information content (AvgIpc) is 3.18. The Labute approximate surface area is 170 Å². The SMILES string of the molecule is CC(C)N(CCNC(=O)c1cc2ccc3cccnc3c2[nH]1)Cc1ccccc1. The molecule has 1 amide bonds. The maximum atomic E-state index is 12.7. The lowest BCUT2D eigenvalue weighted by atomic mass is 10.1. The van der Waals surface area contributed by atoms with E-state index < -0.39 is 0 Å². The lowest BCUT2D eigenvalue weighted by Gasteiger charge is -2.26. The summed E-state index contributed by atoms with van der Waals surface area (Å²) in [7, 11) is 0. The first-order valence-electron chi connectivity index (χ1n) is 10.0. The van der Waals surface area contributed by atoms with Gasteiger partial charge in [-0.25, -0.2) is 0 Å². The summed E-state index contributed by atoms with van der Waals surface area (Å²) in [4.78, 5) is 22.7. The Bertz CT molecular complexity index is 1120. The fraction of sp³-hybridized carbons (Fsp3) is 0.250. The van der Waals surface area contributed by atoms with Crippen LogP contribution in [-0.4, -0.2) is 39.9 Å². The van der Waals surface area contributed by atoms with E-state index in [0.29, 0.717) is 18.3 Å². The molecule has 0 bridgehead atoms. The van der Waals surface area contributed by atoms with Gasteiger partial charge in [0.1, 0.15) is 5.69 Å². The van der Waals surface area contributed by atoms with Gasteiger partial charge in [-0.2, -0.15) is 0 Å². The topological polar surface area (TPSA) is 61.0 Å². The van der Waals surface area contributed by atoms with Gasteiger partial charge in [0.05, 0.1) is 11.0 Å². The third kappa shape index (κ3) is 4.30. The van der Waals surface area contributed by atoms with E-state index in [2.05, 4.69) is 58.3 Å². The highest BCUT2D eigenvalue weighted by molar-refractivity contribution is 6.07. The normalized spacial score (nSPS) is 11.6. The molecule has 0 aliphatic carbocycles. The van der Waals surface area contributed by atoms with Gasteiger partial charge in [-0.3, -0.25) is 14.7 Å². The summed E-state index contributed by atoms with van der Waals surface area (Å²) in [5, 5.41) is 5.10. The van der Waals surface area contributed by atoms with Gasteiger partial charge < -0.3 is 10.3 Å². The molecule has 0 radical (unpaired) electrons. The quantitative estimate of drug-likeness (QED) is 0.496. The number of carbonyl (C=O) groups excluding carboxylic acids is 1. The van der Waals surface area contributed by atoms with E-state index in [-0.39, 0.29) is 5.91 Å². The summed E-state index contributed by atoms with van der Waals surface area (Å²) in [6.45, 7) is 6.63. The standard InChI is InChI=1S/C24H26N4O/c1-17(2)28(16-18-7-4-3-5-8-18)14-13-26-24(29)21-15-20-11-10-19-9-6-12-25-22(19)23(20)27-21/h3-12,15,17,27H,13-14,16H2,1-2H3,(H,26,29). The number of aromatic amines is 1. The van der Waals surface area contributed by atoms with Crippen molar-refractivity contribution >= 4 is 27.7 Å². The number of hydrogen-bond acceptors (Lipinski definition) is 3. The Morgan fingerprint density at radius 3 is 2.66 bits per heavy atom. The van der Waals surface area contributed by atoms with E-state index >= 15 is 0 Å². The molecule has 0 saturated carbocycles. The summed E-state index contributed by atoms with van der Waals surface area (Å²) in [6.07, 6.45) is 1.77. The van der Waals surface area contributed by atoms with Crippen molar-refractivity contribution in [2.45, 2.75) is 26.4 Å². The van der Waals surface area contributed by atoms with Crippen molar-refractivity contribution in [2.24, 2.45) is 0 Å². The van der Waals surface area contributed by atoms with Crippen molar-refractivity contribution in [1.82, 2.24) is 20.2 Å². The number of aromatic nitrogens is 2. The van der Waals surface area contributed by atoms with Crippen molar-refractivity contribution in [2.75, 3.05) is 13.1 Å². The Hall–Kier alpha value is -3.18. The monoisotopic (exact) mass is 386 g/mol. The molecule has 5 heteroatoms. The van der Waals surface area contributed by atoms with Crippen LogP contribution in [-0.2, 0) is 6.54 Å². The van der Waals surface area contributed by atoms with Gasteiger partial charge in [-0.05, 0) is 31.5 Å². The minimum atomic E-state index is -0.0892. The van der Waals surface area contributed by atoms with Crippen LogP contribution in [0.15, 0.2) is 66.9 Å². The predicted octanol–water partition coefficient (Wildman–Crippen LogP) is 4.36. The van der Waals surface area contributed by atoms with Crippen molar-refractivity contribution in [3.05, 3.63) is 78.1 Å². The van der Waals surface area contributed by atoms with Crippen LogP contribution >= 0.6 is 0 Å². The Kier molecular flexibility index (Phi) is 5.58. The molecule has 4 rings (SSSR count). The minimum Gasteiger partial charge on any atom is -0.349 e. The zero-order valence-corrected chi connectivity index (χ0v) is 16.9. The highest BCUT2D eigenvalue weighted by Crippen LogP contribution is 2.23. The van der Waals surface area contributed by atoms with Crippen LogP contribution in [0, 0.1) is 0 Å². The zero-order chi connectivity index (χ0) is 20.2. The van der Waals surface area contributed by atoms with E-state index in [0.717, 1.165) is 34.9 Å². The summed E-state index contributed by atoms with van der Waals surface area (Å²) in [6, 6.07) is 20.7. The molecule has 0 aliphatic heterocycles. The number of H-pyrrole nitrogens is 1. The van der Waals surface area contributed by atoms with E-state index in [1.807, 2.05) is 36.4 Å². The largest absolute Gasteiger partial charge is 0.349 e. The first-order valence-corrected chi connectivity index (χ1v) is 10.0. The number of nitrogens with one attached hydrogen (secondary N) is 2. The van der Waals surface area contributed by atoms with Crippen molar-refractivity contribution in [3.8, 4) is 0 Å². The first-order chi connectivity index (χ1) is 14.1. The molecule has 2 N–H and O–H groups in total. The Morgan fingerprint density at radius 2 is 1.86 bits per heavy atom. The number of rotatable bonds is 7. The number of carbonyl (C=O) groups is 1. The summed E-state index contributed by atoms with van der Waals surface area (Å²) in [5.41, 5.74) is 3.64. The highest BCUT2D eigenvalue weighted by atomic mass is 16.1. The van der Waals surface area contributed by atoms with E-state index in [1.165, 1.54) is 5.56 Å². The molecule has 5 nitrogen and oxygen atoms in total. The smallest absolute Gasteiger partial charge is 0.267 e. The maximum absolute atomic E-state index is 12.7. The molecule has 0 spiro atoms. The molecule has 0 fully saturated rings. The number of amides is 1. The molecule has 2 aromatic heterocycles. The molecule has 29 heavy (non-hydrogen) atoms. The zero-order valence-electron chi connectivity index (χ0n) is 16.9. The maximum Gasteiger partial charge on any atom is 0.267 e. The van der Waals surface area contributed by atoms with Crippen LogP contribution in [0.25, 0.3) is 21.8 Å². The number of pyridine rings is 1. The molecule has 0 aliphatic rings. The summed E-state index contributed by atoms with van der Waals surface area (Å²) < 4.78 is 0. The number of nitrogens with zero attached hydrogens (tertiary/aromatic N) is 2. The molecular weight excluding hydrogens is 360 g/mol. The molecule has 4 aromatic rings. The second-order valence-electron chi connectivity index (χ2n) is 7.59. The second kappa shape index (κ2) is 8.45. The van der Waals surface area contributed by atoms with Crippen LogP contribution in [0.3, 0.4) is 0 Å².